The number of hydrogen-bond donors (Lipinski definition) is 1. The van der Waals surface area contributed by atoms with Crippen molar-refractivity contribution in [1.29, 1.82) is 0 Å². The van der Waals surface area contributed by atoms with E-state index < -0.39 is 0 Å². The second-order valence-corrected chi connectivity index (χ2v) is 5.39. The molecule has 3 heterocycles. The van der Waals surface area contributed by atoms with E-state index >= 15 is 0 Å². The summed E-state index contributed by atoms with van der Waals surface area (Å²) in [5.74, 6) is 0. The summed E-state index contributed by atoms with van der Waals surface area (Å²) in [6, 6.07) is 20.2. The zero-order valence-electron chi connectivity index (χ0n) is 10.4. The topological polar surface area (TPSA) is 15.8 Å². The van der Waals surface area contributed by atoms with E-state index in [1.807, 2.05) is 65.5 Å². The molecule has 19 heavy (non-hydrogen) atoms. The average Bonchev–Trinajstić information content (AvgIpc) is 3.21. The molecular weight excluding hydrogens is 270 g/mol. The van der Waals surface area contributed by atoms with Gasteiger partial charge in [0.2, 0.25) is 0 Å². The summed E-state index contributed by atoms with van der Waals surface area (Å²) in [7, 11) is 0. The smallest absolute Gasteiger partial charge is 0.0563 e. The van der Waals surface area contributed by atoms with Crippen LogP contribution in [0.15, 0.2) is 83.0 Å². The molecule has 96 valence electrons. The minimum atomic E-state index is 1.25. The molecule has 0 aliphatic carbocycles. The van der Waals surface area contributed by atoms with Crippen LogP contribution in [0.4, 0.5) is 0 Å². The number of thiophene rings is 2. The predicted octanol–water partition coefficient (Wildman–Crippen LogP) is 5.66. The molecule has 0 radical (unpaired) electrons. The van der Waals surface area contributed by atoms with E-state index in [0.717, 1.165) is 0 Å². The van der Waals surface area contributed by atoms with Crippen LogP contribution in [-0.2, 0) is 0 Å². The molecule has 0 spiro atoms. The van der Waals surface area contributed by atoms with Gasteiger partial charge in [-0.05, 0) is 28.3 Å². The molecule has 0 aliphatic heterocycles. The summed E-state index contributed by atoms with van der Waals surface area (Å²) in [6.07, 6.45) is 1.96. The third kappa shape index (κ3) is 5.12. The molecule has 0 bridgehead atoms. The quantitative estimate of drug-likeness (QED) is 0.429. The number of hydrogen-bond acceptors (Lipinski definition) is 2. The Kier molecular flexibility index (Phi) is 5.93. The van der Waals surface area contributed by atoms with Gasteiger partial charge < -0.3 is 4.98 Å². The van der Waals surface area contributed by atoms with Gasteiger partial charge in [0, 0.05) is 6.20 Å². The highest BCUT2D eigenvalue weighted by molar-refractivity contribution is 7.17. The standard InChI is InChI=1S/C6H5NS.C6H6.C4H4S/c1-3-7-5-2-4-8-6(1)5;1-2-4-6-5-3-1;1-2-4-5-3-1/h1-4,7H;1-6H;1-4H. The van der Waals surface area contributed by atoms with Crippen LogP contribution >= 0.6 is 22.7 Å². The Balaban J connectivity index is 0.000000109. The SMILES string of the molecule is c1cc2sccc2[nH]1.c1ccccc1.c1ccsc1. The summed E-state index contributed by atoms with van der Waals surface area (Å²) in [5.41, 5.74) is 1.25. The van der Waals surface area contributed by atoms with Crippen LogP contribution in [0.2, 0.25) is 0 Å². The summed E-state index contributed by atoms with van der Waals surface area (Å²) < 4.78 is 1.34. The van der Waals surface area contributed by atoms with Gasteiger partial charge in [0.1, 0.15) is 0 Å². The number of benzene rings is 1. The number of aromatic amines is 1. The molecule has 3 heteroatoms. The van der Waals surface area contributed by atoms with Gasteiger partial charge in [-0.15, -0.1) is 11.3 Å². The van der Waals surface area contributed by atoms with E-state index in [1.54, 1.807) is 22.7 Å². The minimum Gasteiger partial charge on any atom is -0.360 e. The van der Waals surface area contributed by atoms with Gasteiger partial charge in [0.25, 0.3) is 0 Å². The summed E-state index contributed by atoms with van der Waals surface area (Å²) >= 11 is 3.48. The lowest BCUT2D eigenvalue weighted by atomic mass is 10.4. The van der Waals surface area contributed by atoms with Crippen molar-refractivity contribution in [3.63, 3.8) is 0 Å². The largest absolute Gasteiger partial charge is 0.360 e. The van der Waals surface area contributed by atoms with Crippen LogP contribution < -0.4 is 0 Å². The van der Waals surface area contributed by atoms with Gasteiger partial charge in [-0.1, -0.05) is 48.5 Å². The number of nitrogens with one attached hydrogen (secondary N) is 1. The number of H-pyrrole nitrogens is 1. The predicted molar refractivity (Wildman–Crippen MR) is 86.9 cm³/mol. The monoisotopic (exact) mass is 285 g/mol. The molecule has 0 amide bonds. The molecule has 0 unspecified atom stereocenters. The van der Waals surface area contributed by atoms with Crippen molar-refractivity contribution in [3.05, 3.63) is 83.0 Å². The first kappa shape index (κ1) is 13.6. The molecule has 0 saturated carbocycles. The molecular formula is C16H15NS2. The van der Waals surface area contributed by atoms with Crippen LogP contribution in [0, 0.1) is 0 Å². The van der Waals surface area contributed by atoms with E-state index in [0.29, 0.717) is 0 Å². The highest BCUT2D eigenvalue weighted by atomic mass is 32.1. The van der Waals surface area contributed by atoms with Gasteiger partial charge in [0.15, 0.2) is 0 Å². The molecule has 0 fully saturated rings. The fourth-order valence-corrected chi connectivity index (χ4v) is 2.59. The first-order valence-corrected chi connectivity index (χ1v) is 7.77. The van der Waals surface area contributed by atoms with Crippen molar-refractivity contribution >= 4 is 32.9 Å². The van der Waals surface area contributed by atoms with Crippen molar-refractivity contribution in [3.8, 4) is 0 Å². The number of aromatic nitrogens is 1. The van der Waals surface area contributed by atoms with Crippen LogP contribution in [-0.4, -0.2) is 4.98 Å². The number of rotatable bonds is 0. The fraction of sp³-hybridized carbons (Fsp3) is 0. The molecule has 0 saturated heterocycles. The Morgan fingerprint density at radius 1 is 0.684 bits per heavy atom. The van der Waals surface area contributed by atoms with E-state index in [1.165, 1.54) is 10.2 Å². The highest BCUT2D eigenvalue weighted by Gasteiger charge is 1.89. The molecule has 4 aromatic rings. The third-order valence-electron chi connectivity index (χ3n) is 2.26. The molecule has 3 aromatic heterocycles. The summed E-state index contributed by atoms with van der Waals surface area (Å²) in [5, 5.41) is 6.17. The molecule has 4 rings (SSSR count). The molecule has 1 aromatic carbocycles. The first-order valence-electron chi connectivity index (χ1n) is 5.94. The Labute approximate surface area is 121 Å². The van der Waals surface area contributed by atoms with Crippen molar-refractivity contribution in [1.82, 2.24) is 4.98 Å². The van der Waals surface area contributed by atoms with Crippen molar-refractivity contribution in [2.45, 2.75) is 0 Å². The highest BCUT2D eigenvalue weighted by Crippen LogP contribution is 2.17. The summed E-state index contributed by atoms with van der Waals surface area (Å²) in [4.78, 5) is 3.11. The lowest BCUT2D eigenvalue weighted by Gasteiger charge is -1.69. The maximum absolute atomic E-state index is 3.11. The Hall–Kier alpha value is -1.84. The Morgan fingerprint density at radius 3 is 1.79 bits per heavy atom. The average molecular weight is 285 g/mol. The fourth-order valence-electron chi connectivity index (χ4n) is 1.39. The molecule has 1 nitrogen and oxygen atoms in total. The van der Waals surface area contributed by atoms with E-state index in [9.17, 15) is 0 Å². The number of fused-ring (bicyclic) bond motifs is 1. The summed E-state index contributed by atoms with van der Waals surface area (Å²) in [6.45, 7) is 0. The second-order valence-electron chi connectivity index (χ2n) is 3.62. The lowest BCUT2D eigenvalue weighted by Crippen LogP contribution is -1.49. The maximum atomic E-state index is 3.11. The van der Waals surface area contributed by atoms with Crippen LogP contribution in [0.1, 0.15) is 0 Å². The second kappa shape index (κ2) is 8.29. The van der Waals surface area contributed by atoms with Gasteiger partial charge >= 0.3 is 0 Å². The van der Waals surface area contributed by atoms with Gasteiger partial charge in [-0.2, -0.15) is 11.3 Å². The van der Waals surface area contributed by atoms with Crippen LogP contribution in [0.3, 0.4) is 0 Å². The first-order chi connectivity index (χ1) is 9.47. The zero-order valence-corrected chi connectivity index (χ0v) is 12.0. The van der Waals surface area contributed by atoms with E-state index in [-0.39, 0.29) is 0 Å². The van der Waals surface area contributed by atoms with Crippen molar-refractivity contribution in [2.75, 3.05) is 0 Å². The van der Waals surface area contributed by atoms with Crippen molar-refractivity contribution in [2.24, 2.45) is 0 Å². The molecule has 0 aliphatic rings. The van der Waals surface area contributed by atoms with Gasteiger partial charge in [-0.3, -0.25) is 0 Å². The minimum absolute atomic E-state index is 1.25. The van der Waals surface area contributed by atoms with Crippen LogP contribution in [0.25, 0.3) is 10.2 Å². The molecule has 0 atom stereocenters. The van der Waals surface area contributed by atoms with Gasteiger partial charge in [-0.25, -0.2) is 0 Å². The third-order valence-corrected chi connectivity index (χ3v) is 3.77. The maximum Gasteiger partial charge on any atom is 0.0563 e. The van der Waals surface area contributed by atoms with Crippen molar-refractivity contribution < 1.29 is 0 Å². The van der Waals surface area contributed by atoms with Crippen LogP contribution in [0.5, 0.6) is 0 Å². The Morgan fingerprint density at radius 2 is 1.32 bits per heavy atom. The van der Waals surface area contributed by atoms with E-state index in [2.05, 4.69) is 22.5 Å². The van der Waals surface area contributed by atoms with Gasteiger partial charge in [0.05, 0.1) is 10.2 Å². The Bertz CT molecular complexity index is 540. The lowest BCUT2D eigenvalue weighted by molar-refractivity contribution is 1.48. The zero-order chi connectivity index (χ0) is 13.2. The molecule has 1 N–H and O–H groups in total. The normalized spacial score (nSPS) is 9.05. The van der Waals surface area contributed by atoms with E-state index in [4.69, 9.17) is 0 Å².